The molecular formula is C11H24N2. The van der Waals surface area contributed by atoms with Crippen LogP contribution in [0.15, 0.2) is 12.7 Å². The van der Waals surface area contributed by atoms with E-state index in [2.05, 4.69) is 39.2 Å². The van der Waals surface area contributed by atoms with Crippen molar-refractivity contribution in [2.45, 2.75) is 45.7 Å². The summed E-state index contributed by atoms with van der Waals surface area (Å²) in [6.07, 6.45) is 2.94. The number of hydrogen-bond donors (Lipinski definition) is 1. The molecule has 0 aliphatic rings. The van der Waals surface area contributed by atoms with Crippen molar-refractivity contribution in [2.24, 2.45) is 5.73 Å². The minimum absolute atomic E-state index is 0.0761. The van der Waals surface area contributed by atoms with Crippen molar-refractivity contribution in [3.05, 3.63) is 12.7 Å². The molecule has 0 saturated heterocycles. The van der Waals surface area contributed by atoms with Gasteiger partial charge in [0.05, 0.1) is 0 Å². The van der Waals surface area contributed by atoms with E-state index < -0.39 is 0 Å². The zero-order valence-corrected chi connectivity index (χ0v) is 9.51. The molecule has 0 bridgehead atoms. The molecule has 0 fully saturated rings. The van der Waals surface area contributed by atoms with E-state index in [9.17, 15) is 0 Å². The van der Waals surface area contributed by atoms with Crippen LogP contribution < -0.4 is 5.73 Å². The first-order valence-corrected chi connectivity index (χ1v) is 5.06. The third-order valence-corrected chi connectivity index (χ3v) is 2.47. The van der Waals surface area contributed by atoms with Gasteiger partial charge >= 0.3 is 0 Å². The van der Waals surface area contributed by atoms with Gasteiger partial charge in [0, 0.05) is 24.7 Å². The largest absolute Gasteiger partial charge is 0.324 e. The lowest BCUT2D eigenvalue weighted by Gasteiger charge is -2.33. The van der Waals surface area contributed by atoms with Gasteiger partial charge in [-0.1, -0.05) is 13.0 Å². The number of rotatable bonds is 6. The summed E-state index contributed by atoms with van der Waals surface area (Å²) in [7, 11) is 0. The number of nitrogens with two attached hydrogens (primary N) is 1. The van der Waals surface area contributed by atoms with Crippen LogP contribution in [-0.4, -0.2) is 29.6 Å². The molecule has 0 radical (unpaired) electrons. The lowest BCUT2D eigenvalue weighted by molar-refractivity contribution is 0.192. The summed E-state index contributed by atoms with van der Waals surface area (Å²) in [6.45, 7) is 14.2. The Morgan fingerprint density at radius 3 is 2.38 bits per heavy atom. The van der Waals surface area contributed by atoms with E-state index in [1.807, 2.05) is 6.08 Å². The average molecular weight is 184 g/mol. The van der Waals surface area contributed by atoms with E-state index in [-0.39, 0.29) is 5.54 Å². The van der Waals surface area contributed by atoms with E-state index in [1.54, 1.807) is 0 Å². The quantitative estimate of drug-likeness (QED) is 0.640. The van der Waals surface area contributed by atoms with Gasteiger partial charge in [0.25, 0.3) is 0 Å². The highest BCUT2D eigenvalue weighted by molar-refractivity contribution is 4.85. The van der Waals surface area contributed by atoms with E-state index in [4.69, 9.17) is 5.73 Å². The van der Waals surface area contributed by atoms with E-state index >= 15 is 0 Å². The first kappa shape index (κ1) is 12.7. The summed E-state index contributed by atoms with van der Waals surface area (Å²) in [5, 5.41) is 0. The van der Waals surface area contributed by atoms with Crippen molar-refractivity contribution in [3.63, 3.8) is 0 Å². The van der Waals surface area contributed by atoms with E-state index in [1.165, 1.54) is 0 Å². The van der Waals surface area contributed by atoms with Crippen LogP contribution in [-0.2, 0) is 0 Å². The van der Waals surface area contributed by atoms with Crippen LogP contribution in [0.5, 0.6) is 0 Å². The van der Waals surface area contributed by atoms with Gasteiger partial charge in [-0.3, -0.25) is 4.90 Å². The molecule has 0 saturated carbocycles. The van der Waals surface area contributed by atoms with Gasteiger partial charge in [0.15, 0.2) is 0 Å². The molecule has 1 atom stereocenters. The summed E-state index contributed by atoms with van der Waals surface area (Å²) in [5.41, 5.74) is 6.03. The van der Waals surface area contributed by atoms with Crippen molar-refractivity contribution >= 4 is 0 Å². The minimum Gasteiger partial charge on any atom is -0.324 e. The van der Waals surface area contributed by atoms with Crippen molar-refractivity contribution < 1.29 is 0 Å². The van der Waals surface area contributed by atoms with Gasteiger partial charge in [-0.15, -0.1) is 6.58 Å². The zero-order valence-electron chi connectivity index (χ0n) is 9.51. The molecular weight excluding hydrogens is 160 g/mol. The van der Waals surface area contributed by atoms with Crippen LogP contribution in [0.2, 0.25) is 0 Å². The normalized spacial score (nSPS) is 16.2. The molecule has 1 unspecified atom stereocenters. The smallest absolute Gasteiger partial charge is 0.0252 e. The SMILES string of the molecule is C=CCN(CC(C)(N)CC)C(C)C. The van der Waals surface area contributed by atoms with E-state index in [0.717, 1.165) is 19.5 Å². The maximum Gasteiger partial charge on any atom is 0.0252 e. The summed E-state index contributed by atoms with van der Waals surface area (Å²) in [6, 6.07) is 0.535. The van der Waals surface area contributed by atoms with Crippen LogP contribution in [0, 0.1) is 0 Å². The maximum absolute atomic E-state index is 6.11. The molecule has 2 heteroatoms. The predicted molar refractivity (Wildman–Crippen MR) is 59.8 cm³/mol. The molecule has 2 nitrogen and oxygen atoms in total. The molecule has 0 aromatic rings. The van der Waals surface area contributed by atoms with E-state index in [0.29, 0.717) is 6.04 Å². The summed E-state index contributed by atoms with van der Waals surface area (Å²) in [4.78, 5) is 2.34. The predicted octanol–water partition coefficient (Wildman–Crippen LogP) is 2.01. The van der Waals surface area contributed by atoms with Crippen molar-refractivity contribution in [2.75, 3.05) is 13.1 Å². The second-order valence-electron chi connectivity index (χ2n) is 4.32. The molecule has 0 amide bonds. The number of hydrogen-bond acceptors (Lipinski definition) is 2. The molecule has 13 heavy (non-hydrogen) atoms. The van der Waals surface area contributed by atoms with Crippen LogP contribution in [0.4, 0.5) is 0 Å². The van der Waals surface area contributed by atoms with Crippen LogP contribution in [0.3, 0.4) is 0 Å². The van der Waals surface area contributed by atoms with Crippen molar-refractivity contribution in [3.8, 4) is 0 Å². The zero-order chi connectivity index (χ0) is 10.5. The Hall–Kier alpha value is -0.340. The highest BCUT2D eigenvalue weighted by Crippen LogP contribution is 2.10. The van der Waals surface area contributed by atoms with Gasteiger partial charge < -0.3 is 5.73 Å². The highest BCUT2D eigenvalue weighted by Gasteiger charge is 2.20. The van der Waals surface area contributed by atoms with Crippen LogP contribution >= 0.6 is 0 Å². The molecule has 2 N–H and O–H groups in total. The van der Waals surface area contributed by atoms with Crippen molar-refractivity contribution in [1.82, 2.24) is 4.90 Å². The Morgan fingerprint density at radius 2 is 2.08 bits per heavy atom. The fraction of sp³-hybridized carbons (Fsp3) is 0.818. The molecule has 0 heterocycles. The lowest BCUT2D eigenvalue weighted by Crippen LogP contribution is -2.49. The monoisotopic (exact) mass is 184 g/mol. The van der Waals surface area contributed by atoms with Gasteiger partial charge in [-0.25, -0.2) is 0 Å². The second-order valence-corrected chi connectivity index (χ2v) is 4.32. The fourth-order valence-electron chi connectivity index (χ4n) is 1.20. The Balaban J connectivity index is 4.16. The topological polar surface area (TPSA) is 29.3 Å². The lowest BCUT2D eigenvalue weighted by atomic mass is 9.99. The Morgan fingerprint density at radius 1 is 1.54 bits per heavy atom. The summed E-state index contributed by atoms with van der Waals surface area (Å²) >= 11 is 0. The van der Waals surface area contributed by atoms with Crippen LogP contribution in [0.1, 0.15) is 34.1 Å². The molecule has 0 spiro atoms. The summed E-state index contributed by atoms with van der Waals surface area (Å²) in [5.74, 6) is 0. The Bertz CT molecular complexity index is 150. The second kappa shape index (κ2) is 5.40. The molecule has 0 aromatic carbocycles. The van der Waals surface area contributed by atoms with Gasteiger partial charge in [-0.05, 0) is 27.2 Å². The molecule has 0 aromatic heterocycles. The molecule has 0 aliphatic carbocycles. The van der Waals surface area contributed by atoms with Crippen molar-refractivity contribution in [1.29, 1.82) is 0 Å². The first-order valence-electron chi connectivity index (χ1n) is 5.06. The highest BCUT2D eigenvalue weighted by atomic mass is 15.2. The molecule has 0 aliphatic heterocycles. The third kappa shape index (κ3) is 5.06. The van der Waals surface area contributed by atoms with Gasteiger partial charge in [0.2, 0.25) is 0 Å². The van der Waals surface area contributed by atoms with Gasteiger partial charge in [0.1, 0.15) is 0 Å². The minimum atomic E-state index is -0.0761. The fourth-order valence-corrected chi connectivity index (χ4v) is 1.20. The van der Waals surface area contributed by atoms with Crippen LogP contribution in [0.25, 0.3) is 0 Å². The average Bonchev–Trinajstić information content (AvgIpc) is 2.03. The first-order chi connectivity index (χ1) is 5.93. The van der Waals surface area contributed by atoms with Gasteiger partial charge in [-0.2, -0.15) is 0 Å². The Labute approximate surface area is 82.8 Å². The Kier molecular flexibility index (Phi) is 5.26. The summed E-state index contributed by atoms with van der Waals surface area (Å²) < 4.78 is 0. The number of nitrogens with zero attached hydrogens (tertiary/aromatic N) is 1. The third-order valence-electron chi connectivity index (χ3n) is 2.47. The maximum atomic E-state index is 6.11. The molecule has 78 valence electrons. The standard InChI is InChI=1S/C11H24N2/c1-6-8-13(10(3)4)9-11(5,12)7-2/h6,10H,1,7-9,12H2,2-5H3. The molecule has 0 rings (SSSR count).